The largest absolute Gasteiger partial charge is 0.507 e. The second-order valence-electron chi connectivity index (χ2n) is 8.46. The molecule has 1 amide bonds. The van der Waals surface area contributed by atoms with E-state index >= 15 is 0 Å². The van der Waals surface area contributed by atoms with E-state index in [2.05, 4.69) is 4.98 Å². The number of likely N-dealkylation sites (tertiary alicyclic amines) is 1. The van der Waals surface area contributed by atoms with Crippen molar-refractivity contribution in [1.29, 1.82) is 0 Å². The molecule has 3 heterocycles. The highest BCUT2D eigenvalue weighted by molar-refractivity contribution is 6.46. The van der Waals surface area contributed by atoms with Crippen LogP contribution < -0.4 is 14.0 Å². The number of ether oxygens (including phenoxy) is 2. The fourth-order valence-corrected chi connectivity index (χ4v) is 4.44. The molecule has 1 saturated heterocycles. The molecule has 0 aliphatic carbocycles. The van der Waals surface area contributed by atoms with Gasteiger partial charge in [0, 0.05) is 18.5 Å². The Hall–Kier alpha value is -4.07. The van der Waals surface area contributed by atoms with Crippen molar-refractivity contribution in [2.24, 2.45) is 0 Å². The number of rotatable bonds is 6. The summed E-state index contributed by atoms with van der Waals surface area (Å²) in [7, 11) is 0. The van der Waals surface area contributed by atoms with Gasteiger partial charge < -0.3 is 19.5 Å². The van der Waals surface area contributed by atoms with E-state index in [1.54, 1.807) is 23.1 Å². The molecule has 1 atom stereocenters. The van der Waals surface area contributed by atoms with Crippen molar-refractivity contribution in [2.45, 2.75) is 25.9 Å². The highest BCUT2D eigenvalue weighted by Gasteiger charge is 2.45. The van der Waals surface area contributed by atoms with Crippen LogP contribution in [0.4, 0.5) is 0 Å². The molecule has 0 radical (unpaired) electrons. The number of imidazole rings is 1. The molecular formula is C26H26N3O5+. The van der Waals surface area contributed by atoms with Crippen LogP contribution in [0.5, 0.6) is 11.5 Å². The number of H-pyrrole nitrogens is 1. The number of fused-ring (bicyclic) bond motifs is 1. The normalized spacial score (nSPS) is 19.0. The minimum atomic E-state index is -0.688. The zero-order valence-corrected chi connectivity index (χ0v) is 18.9. The Balaban J connectivity index is 1.53. The zero-order valence-electron chi connectivity index (χ0n) is 18.9. The average Bonchev–Trinajstić information content (AvgIpc) is 3.46. The standard InChI is InChI=1S/C26H25N3O5/c1-17-3-5-18(6-4-17)23-22(24(30)19-7-8-20-21(15-19)34-14-13-33-20)25(31)26(32)29(23)11-2-10-28-12-9-27-16-28/h3-9,12,15-16,23H,2,10-11,13-14H2,1H3,(H,30,31)/p+1. The number of aryl methyl sites for hydroxylation is 2. The van der Waals surface area contributed by atoms with Gasteiger partial charge in [-0.05, 0) is 30.7 Å². The van der Waals surface area contributed by atoms with Crippen molar-refractivity contribution >= 4 is 17.4 Å². The van der Waals surface area contributed by atoms with Crippen LogP contribution in [0, 0.1) is 6.92 Å². The average molecular weight is 461 g/mol. The Bertz CT molecular complexity index is 1250. The van der Waals surface area contributed by atoms with E-state index in [0.29, 0.717) is 49.8 Å². The third kappa shape index (κ3) is 4.03. The number of amides is 1. The number of aliphatic hydroxyl groups is 1. The molecule has 0 saturated carbocycles. The first-order valence-electron chi connectivity index (χ1n) is 11.3. The number of benzene rings is 2. The molecule has 8 nitrogen and oxygen atoms in total. The Morgan fingerprint density at radius 3 is 2.62 bits per heavy atom. The molecule has 2 aromatic carbocycles. The van der Waals surface area contributed by atoms with Crippen LogP contribution in [-0.4, -0.2) is 46.4 Å². The van der Waals surface area contributed by atoms with Gasteiger partial charge in [-0.2, -0.15) is 0 Å². The summed E-state index contributed by atoms with van der Waals surface area (Å²) in [5.74, 6) is -0.431. The van der Waals surface area contributed by atoms with Crippen molar-refractivity contribution in [3.8, 4) is 11.5 Å². The number of nitrogens with one attached hydrogen (secondary N) is 1. The van der Waals surface area contributed by atoms with Crippen LogP contribution >= 0.6 is 0 Å². The van der Waals surface area contributed by atoms with Crippen molar-refractivity contribution in [3.05, 3.63) is 83.4 Å². The Morgan fingerprint density at radius 1 is 1.12 bits per heavy atom. The summed E-state index contributed by atoms with van der Waals surface area (Å²) in [4.78, 5) is 30.8. The summed E-state index contributed by atoms with van der Waals surface area (Å²) in [6.07, 6.45) is 6.23. The van der Waals surface area contributed by atoms with Crippen LogP contribution in [0.1, 0.15) is 29.2 Å². The van der Waals surface area contributed by atoms with E-state index in [4.69, 9.17) is 9.47 Å². The van der Waals surface area contributed by atoms with Gasteiger partial charge in [0.15, 0.2) is 11.5 Å². The number of aromatic amines is 1. The Labute approximate surface area is 197 Å². The zero-order chi connectivity index (χ0) is 23.7. The molecule has 34 heavy (non-hydrogen) atoms. The molecule has 1 fully saturated rings. The van der Waals surface area contributed by atoms with E-state index in [-0.39, 0.29) is 11.3 Å². The van der Waals surface area contributed by atoms with Gasteiger partial charge in [-0.25, -0.2) is 4.57 Å². The first kappa shape index (κ1) is 21.8. The molecule has 1 aromatic heterocycles. The lowest BCUT2D eigenvalue weighted by Gasteiger charge is -2.25. The van der Waals surface area contributed by atoms with Crippen molar-refractivity contribution in [2.75, 3.05) is 19.8 Å². The number of ketones is 1. The van der Waals surface area contributed by atoms with Crippen LogP contribution in [0.25, 0.3) is 5.76 Å². The number of carbonyl (C=O) groups excluding carboxylic acids is 2. The summed E-state index contributed by atoms with van der Waals surface area (Å²) in [6.45, 7) is 3.90. The summed E-state index contributed by atoms with van der Waals surface area (Å²) < 4.78 is 13.2. The predicted molar refractivity (Wildman–Crippen MR) is 123 cm³/mol. The SMILES string of the molecule is Cc1ccc(C2/C(=C(\O)c3ccc4c(c3)OCCO4)C(=O)C(=O)N2CCC[n+]2cc[nH]c2)cc1. The number of aromatic nitrogens is 2. The highest BCUT2D eigenvalue weighted by Crippen LogP contribution is 2.41. The van der Waals surface area contributed by atoms with Gasteiger partial charge in [0.05, 0.1) is 18.2 Å². The molecule has 0 bridgehead atoms. The van der Waals surface area contributed by atoms with Gasteiger partial charge in [0.25, 0.3) is 11.7 Å². The van der Waals surface area contributed by atoms with Crippen molar-refractivity contribution < 1.29 is 28.7 Å². The fraction of sp³-hybridized carbons (Fsp3) is 0.269. The maximum absolute atomic E-state index is 13.2. The van der Waals surface area contributed by atoms with Crippen LogP contribution in [-0.2, 0) is 16.1 Å². The topological polar surface area (TPSA) is 95.7 Å². The van der Waals surface area contributed by atoms with Gasteiger partial charge in [-0.3, -0.25) is 14.6 Å². The lowest BCUT2D eigenvalue weighted by atomic mass is 9.94. The number of carbonyl (C=O) groups is 2. The Kier molecular flexibility index (Phi) is 5.79. The second kappa shape index (κ2) is 9.05. The van der Waals surface area contributed by atoms with E-state index < -0.39 is 17.7 Å². The quantitative estimate of drug-likeness (QED) is 0.255. The minimum absolute atomic E-state index is 0.0832. The smallest absolute Gasteiger partial charge is 0.295 e. The molecule has 2 aliphatic rings. The van der Waals surface area contributed by atoms with Crippen LogP contribution in [0.2, 0.25) is 0 Å². The van der Waals surface area contributed by atoms with E-state index in [1.165, 1.54) is 0 Å². The molecule has 0 spiro atoms. The van der Waals surface area contributed by atoms with E-state index in [0.717, 1.165) is 11.1 Å². The third-order valence-corrected chi connectivity index (χ3v) is 6.17. The summed E-state index contributed by atoms with van der Waals surface area (Å²) in [5.41, 5.74) is 2.33. The lowest BCUT2D eigenvalue weighted by molar-refractivity contribution is -0.695. The summed E-state index contributed by atoms with van der Waals surface area (Å²) in [5, 5.41) is 11.3. The van der Waals surface area contributed by atoms with Gasteiger partial charge in [-0.15, -0.1) is 0 Å². The maximum atomic E-state index is 13.2. The number of aliphatic hydroxyl groups excluding tert-OH is 1. The minimum Gasteiger partial charge on any atom is -0.507 e. The first-order valence-corrected chi connectivity index (χ1v) is 11.3. The molecule has 8 heteroatoms. The highest BCUT2D eigenvalue weighted by atomic mass is 16.6. The van der Waals surface area contributed by atoms with Crippen molar-refractivity contribution in [1.82, 2.24) is 9.88 Å². The van der Waals surface area contributed by atoms with E-state index in [1.807, 2.05) is 54.5 Å². The third-order valence-electron chi connectivity index (χ3n) is 6.17. The Morgan fingerprint density at radius 2 is 1.88 bits per heavy atom. The molecule has 1 unspecified atom stereocenters. The maximum Gasteiger partial charge on any atom is 0.295 e. The van der Waals surface area contributed by atoms with Crippen LogP contribution in [0.3, 0.4) is 0 Å². The number of hydrogen-bond donors (Lipinski definition) is 2. The van der Waals surface area contributed by atoms with Crippen LogP contribution in [0.15, 0.2) is 66.8 Å². The molecule has 2 aliphatic heterocycles. The molecule has 174 valence electrons. The van der Waals surface area contributed by atoms with Gasteiger partial charge in [0.1, 0.15) is 31.4 Å². The van der Waals surface area contributed by atoms with Gasteiger partial charge in [0.2, 0.25) is 6.33 Å². The lowest BCUT2D eigenvalue weighted by Crippen LogP contribution is -2.36. The van der Waals surface area contributed by atoms with Crippen molar-refractivity contribution in [3.63, 3.8) is 0 Å². The number of Topliss-reactive ketones (excluding diaryl/α,β-unsaturated/α-hetero) is 1. The first-order chi connectivity index (χ1) is 16.5. The molecule has 2 N–H and O–H groups in total. The fourth-order valence-electron chi connectivity index (χ4n) is 4.44. The summed E-state index contributed by atoms with van der Waals surface area (Å²) >= 11 is 0. The second-order valence-corrected chi connectivity index (χ2v) is 8.46. The predicted octanol–water partition coefficient (Wildman–Crippen LogP) is 2.89. The van der Waals surface area contributed by atoms with E-state index in [9.17, 15) is 14.7 Å². The number of hydrogen-bond acceptors (Lipinski definition) is 5. The molecular weight excluding hydrogens is 434 g/mol. The number of nitrogens with zero attached hydrogens (tertiary/aromatic N) is 2. The monoisotopic (exact) mass is 460 g/mol. The van der Waals surface area contributed by atoms with Gasteiger partial charge in [-0.1, -0.05) is 29.8 Å². The molecule has 5 rings (SSSR count). The van der Waals surface area contributed by atoms with Gasteiger partial charge >= 0.3 is 0 Å². The molecule has 3 aromatic rings. The summed E-state index contributed by atoms with van der Waals surface area (Å²) in [6, 6.07) is 12.0.